The Balaban J connectivity index is 1.34. The minimum Gasteiger partial charge on any atom is -0.489 e. The van der Waals surface area contributed by atoms with Gasteiger partial charge in [0.25, 0.3) is 0 Å². The molecule has 4 nitrogen and oxygen atoms in total. The maximum absolute atomic E-state index is 13.0. The Bertz CT molecular complexity index is 1050. The van der Waals surface area contributed by atoms with E-state index >= 15 is 0 Å². The van der Waals surface area contributed by atoms with Crippen LogP contribution in [0, 0.1) is 23.2 Å². The van der Waals surface area contributed by atoms with E-state index in [4.69, 9.17) is 9.47 Å². The van der Waals surface area contributed by atoms with E-state index in [2.05, 4.69) is 75.2 Å². The van der Waals surface area contributed by atoms with E-state index in [-0.39, 0.29) is 17.4 Å². The first kappa shape index (κ1) is 25.3. The molecule has 3 aliphatic rings. The topological polar surface area (TPSA) is 38.8 Å². The maximum atomic E-state index is 13.0. The third kappa shape index (κ3) is 4.94. The first-order chi connectivity index (χ1) is 17.4. The number of cyclic esters (lactones) is 1. The summed E-state index contributed by atoms with van der Waals surface area (Å²) in [6.07, 6.45) is 6.73. The molecule has 2 aromatic carbocycles. The van der Waals surface area contributed by atoms with Crippen molar-refractivity contribution in [3.05, 3.63) is 65.2 Å². The van der Waals surface area contributed by atoms with Crippen molar-refractivity contribution in [2.45, 2.75) is 77.9 Å². The standard InChI is InChI=1S/C32H43NO3/c1-5-22(2)30-31(34)35-18-16-29-28-13-11-24-19-25(36-20-23-9-7-6-8-10-23)12-14-26(24)27(28)15-17-32(29,3)21-33(30)4/h6-10,12,14,19,22,27-30H,5,11,13,15-18,20-21H2,1-4H3/t22-,27+,28+,29-,30-,32+/m0/s1. The summed E-state index contributed by atoms with van der Waals surface area (Å²) in [6, 6.07) is 17.0. The van der Waals surface area contributed by atoms with Gasteiger partial charge >= 0.3 is 5.97 Å². The zero-order chi connectivity index (χ0) is 25.3. The number of ether oxygens (including phenoxy) is 2. The molecular weight excluding hydrogens is 446 g/mol. The summed E-state index contributed by atoms with van der Waals surface area (Å²) in [6.45, 7) is 8.99. The van der Waals surface area contributed by atoms with Gasteiger partial charge in [-0.05, 0) is 97.1 Å². The van der Waals surface area contributed by atoms with Crippen LogP contribution in [0.2, 0.25) is 0 Å². The summed E-state index contributed by atoms with van der Waals surface area (Å²) in [4.78, 5) is 15.3. The molecule has 2 aliphatic carbocycles. The summed E-state index contributed by atoms with van der Waals surface area (Å²) < 4.78 is 12.0. The lowest BCUT2D eigenvalue weighted by molar-refractivity contribution is -0.151. The van der Waals surface area contributed by atoms with Crippen molar-refractivity contribution in [3.8, 4) is 5.75 Å². The number of esters is 1. The van der Waals surface area contributed by atoms with Crippen molar-refractivity contribution in [2.75, 3.05) is 20.2 Å². The second-order valence-electron chi connectivity index (χ2n) is 11.9. The average Bonchev–Trinajstić information content (AvgIpc) is 2.93. The van der Waals surface area contributed by atoms with Crippen molar-refractivity contribution in [3.63, 3.8) is 0 Å². The van der Waals surface area contributed by atoms with Crippen molar-refractivity contribution in [1.82, 2.24) is 4.90 Å². The molecule has 0 radical (unpaired) electrons. The average molecular weight is 490 g/mol. The number of rotatable bonds is 5. The molecule has 0 bridgehead atoms. The first-order valence-electron chi connectivity index (χ1n) is 14.1. The minimum atomic E-state index is -0.135. The molecule has 0 N–H and O–H groups in total. The number of carbonyl (C=O) groups is 1. The van der Waals surface area contributed by atoms with E-state index in [9.17, 15) is 4.79 Å². The van der Waals surface area contributed by atoms with Crippen LogP contribution in [0.5, 0.6) is 5.75 Å². The van der Waals surface area contributed by atoms with E-state index in [0.717, 1.165) is 31.6 Å². The van der Waals surface area contributed by atoms with Gasteiger partial charge in [-0.2, -0.15) is 0 Å². The fraction of sp³-hybridized carbons (Fsp3) is 0.594. The third-order valence-electron chi connectivity index (χ3n) is 9.65. The number of aryl methyl sites for hydroxylation is 1. The minimum absolute atomic E-state index is 0.0253. The second kappa shape index (κ2) is 10.6. The van der Waals surface area contributed by atoms with Gasteiger partial charge in [0.15, 0.2) is 0 Å². The predicted octanol–water partition coefficient (Wildman–Crippen LogP) is 6.62. The molecule has 1 heterocycles. The van der Waals surface area contributed by atoms with Crippen LogP contribution in [0.3, 0.4) is 0 Å². The molecule has 4 heteroatoms. The van der Waals surface area contributed by atoms with Gasteiger partial charge in [0, 0.05) is 6.54 Å². The summed E-state index contributed by atoms with van der Waals surface area (Å²) in [5.41, 5.74) is 4.41. The normalized spacial score (nSPS) is 31.5. The van der Waals surface area contributed by atoms with Gasteiger partial charge in [-0.1, -0.05) is 63.6 Å². The Morgan fingerprint density at radius 2 is 1.94 bits per heavy atom. The Hall–Kier alpha value is -2.33. The van der Waals surface area contributed by atoms with E-state index in [1.165, 1.54) is 36.0 Å². The number of likely N-dealkylation sites (N-methyl/N-ethyl adjacent to an activating group) is 1. The smallest absolute Gasteiger partial charge is 0.323 e. The van der Waals surface area contributed by atoms with Crippen LogP contribution >= 0.6 is 0 Å². The van der Waals surface area contributed by atoms with Crippen LogP contribution < -0.4 is 4.74 Å². The lowest BCUT2D eigenvalue weighted by Crippen LogP contribution is -2.51. The Morgan fingerprint density at radius 3 is 2.72 bits per heavy atom. The molecule has 1 saturated carbocycles. The molecule has 5 rings (SSSR count). The van der Waals surface area contributed by atoms with E-state index in [0.29, 0.717) is 36.9 Å². The molecule has 2 aromatic rings. The number of hydrogen-bond donors (Lipinski definition) is 0. The largest absolute Gasteiger partial charge is 0.489 e. The highest BCUT2D eigenvalue weighted by atomic mass is 16.5. The SMILES string of the molecule is CC[C@H](C)[C@H]1C(=O)OCC[C@H]2[C@@H]3CCc4cc(OCc5ccccc5)ccc4[C@H]3CC[C@]2(C)CN1C. The molecule has 2 fully saturated rings. The number of fused-ring (bicyclic) bond motifs is 5. The van der Waals surface area contributed by atoms with Crippen LogP contribution in [0.1, 0.15) is 75.5 Å². The molecule has 1 aliphatic heterocycles. The number of hydrogen-bond acceptors (Lipinski definition) is 4. The van der Waals surface area contributed by atoms with Gasteiger partial charge in [-0.15, -0.1) is 0 Å². The van der Waals surface area contributed by atoms with E-state index in [1.807, 2.05) is 6.07 Å². The lowest BCUT2D eigenvalue weighted by Gasteiger charge is -2.53. The van der Waals surface area contributed by atoms with Crippen LogP contribution in [0.25, 0.3) is 0 Å². The second-order valence-corrected chi connectivity index (χ2v) is 11.9. The summed E-state index contributed by atoms with van der Waals surface area (Å²) in [5.74, 6) is 3.08. The van der Waals surface area contributed by atoms with Gasteiger partial charge < -0.3 is 9.47 Å². The van der Waals surface area contributed by atoms with Gasteiger partial charge in [-0.25, -0.2) is 0 Å². The van der Waals surface area contributed by atoms with Crippen molar-refractivity contribution in [2.24, 2.45) is 23.2 Å². The first-order valence-corrected chi connectivity index (χ1v) is 14.1. The Kier molecular flexibility index (Phi) is 7.44. The number of nitrogens with zero attached hydrogens (tertiary/aromatic N) is 1. The third-order valence-corrected chi connectivity index (χ3v) is 9.65. The Labute approximate surface area is 217 Å². The number of carbonyl (C=O) groups excluding carboxylic acids is 1. The van der Waals surface area contributed by atoms with Gasteiger partial charge in [0.1, 0.15) is 18.4 Å². The van der Waals surface area contributed by atoms with E-state index < -0.39 is 0 Å². The highest BCUT2D eigenvalue weighted by Crippen LogP contribution is 2.56. The van der Waals surface area contributed by atoms with Crippen LogP contribution in [0.15, 0.2) is 48.5 Å². The molecule has 6 atom stereocenters. The molecule has 0 unspecified atom stereocenters. The fourth-order valence-corrected chi connectivity index (χ4v) is 7.65. The zero-order valence-corrected chi connectivity index (χ0v) is 22.5. The van der Waals surface area contributed by atoms with Gasteiger partial charge in [0.05, 0.1) is 6.61 Å². The summed E-state index contributed by atoms with van der Waals surface area (Å²) in [5, 5.41) is 0. The molecule has 1 saturated heterocycles. The molecule has 0 spiro atoms. The van der Waals surface area contributed by atoms with Crippen molar-refractivity contribution < 1.29 is 14.3 Å². The van der Waals surface area contributed by atoms with Gasteiger partial charge in [-0.3, -0.25) is 9.69 Å². The quantitative estimate of drug-likeness (QED) is 0.442. The fourth-order valence-electron chi connectivity index (χ4n) is 7.65. The highest BCUT2D eigenvalue weighted by Gasteiger charge is 2.50. The van der Waals surface area contributed by atoms with E-state index in [1.54, 1.807) is 0 Å². The molecular formula is C32H43NO3. The van der Waals surface area contributed by atoms with Crippen LogP contribution in [-0.2, 0) is 22.6 Å². The predicted molar refractivity (Wildman–Crippen MR) is 144 cm³/mol. The lowest BCUT2D eigenvalue weighted by atomic mass is 9.53. The summed E-state index contributed by atoms with van der Waals surface area (Å²) in [7, 11) is 2.14. The van der Waals surface area contributed by atoms with Crippen LogP contribution in [-0.4, -0.2) is 37.1 Å². The zero-order valence-electron chi connectivity index (χ0n) is 22.5. The summed E-state index contributed by atoms with van der Waals surface area (Å²) >= 11 is 0. The molecule has 194 valence electrons. The monoisotopic (exact) mass is 489 g/mol. The van der Waals surface area contributed by atoms with Gasteiger partial charge in [0.2, 0.25) is 0 Å². The van der Waals surface area contributed by atoms with Crippen LogP contribution in [0.4, 0.5) is 0 Å². The van der Waals surface area contributed by atoms with Crippen molar-refractivity contribution >= 4 is 5.97 Å². The maximum Gasteiger partial charge on any atom is 0.323 e. The molecule has 0 amide bonds. The Morgan fingerprint density at radius 1 is 1.14 bits per heavy atom. The van der Waals surface area contributed by atoms with Crippen molar-refractivity contribution in [1.29, 1.82) is 0 Å². The highest BCUT2D eigenvalue weighted by molar-refractivity contribution is 5.76. The number of benzene rings is 2. The molecule has 36 heavy (non-hydrogen) atoms. The molecule has 0 aromatic heterocycles.